The second-order valence-corrected chi connectivity index (χ2v) is 7.43. The lowest BCUT2D eigenvalue weighted by molar-refractivity contribution is 0.205. The van der Waals surface area contributed by atoms with Gasteiger partial charge in [-0.25, -0.2) is 0 Å². The summed E-state index contributed by atoms with van der Waals surface area (Å²) in [4.78, 5) is 6.93. The smallest absolute Gasteiger partial charge is 0.231 e. The van der Waals surface area contributed by atoms with Gasteiger partial charge in [0.15, 0.2) is 5.82 Å². The molecule has 2 aromatic rings. The molecule has 0 spiro atoms. The first kappa shape index (κ1) is 15.8. The molecule has 0 aromatic carbocycles. The Kier molecular flexibility index (Phi) is 4.14. The Bertz CT molecular complexity index is 691. The van der Waals surface area contributed by atoms with E-state index in [1.165, 1.54) is 18.4 Å². The van der Waals surface area contributed by atoms with Crippen LogP contribution >= 0.6 is 0 Å². The van der Waals surface area contributed by atoms with E-state index in [0.29, 0.717) is 17.9 Å². The summed E-state index contributed by atoms with van der Waals surface area (Å²) < 4.78 is 7.48. The van der Waals surface area contributed by atoms with Crippen LogP contribution in [0.15, 0.2) is 16.9 Å². The van der Waals surface area contributed by atoms with Crippen LogP contribution in [0.3, 0.4) is 0 Å². The zero-order chi connectivity index (χ0) is 16.7. The molecule has 1 aliphatic carbocycles. The number of hydrogen-bond acceptors (Lipinski definition) is 6. The Balaban J connectivity index is 1.44. The molecule has 1 N–H and O–H groups in total. The minimum atomic E-state index is 0.121. The van der Waals surface area contributed by atoms with Gasteiger partial charge in [-0.05, 0) is 26.7 Å². The third kappa shape index (κ3) is 3.10. The van der Waals surface area contributed by atoms with Crippen molar-refractivity contribution in [3.05, 3.63) is 29.7 Å². The van der Waals surface area contributed by atoms with Crippen LogP contribution in [0.2, 0.25) is 0 Å². The molecule has 1 saturated heterocycles. The first-order valence-electron chi connectivity index (χ1n) is 8.83. The van der Waals surface area contributed by atoms with E-state index in [1.807, 2.05) is 10.9 Å². The summed E-state index contributed by atoms with van der Waals surface area (Å²) >= 11 is 0. The van der Waals surface area contributed by atoms with Crippen molar-refractivity contribution in [1.29, 1.82) is 0 Å². The standard InChI is InChI=1S/C17H25N5O2/c1-11(2)22-7-12(5-18-22)6-21-8-14(10-23)15(9-21)17-19-16(20-24-17)13-3-4-13/h5,7,11,13-15,23H,3-4,6,8-10H2,1-2H3/t14-,15+/m0/s1. The number of aliphatic hydroxyl groups excluding tert-OH is 1. The largest absolute Gasteiger partial charge is 0.396 e. The van der Waals surface area contributed by atoms with Gasteiger partial charge in [-0.1, -0.05) is 5.16 Å². The molecule has 0 bridgehead atoms. The zero-order valence-corrected chi connectivity index (χ0v) is 14.3. The molecule has 7 heteroatoms. The maximum atomic E-state index is 9.75. The summed E-state index contributed by atoms with van der Waals surface area (Å²) in [5.41, 5.74) is 1.20. The predicted octanol–water partition coefficient (Wildman–Crippen LogP) is 1.93. The van der Waals surface area contributed by atoms with Gasteiger partial charge in [0.2, 0.25) is 5.89 Å². The minimum absolute atomic E-state index is 0.121. The van der Waals surface area contributed by atoms with Crippen LogP contribution in [0.5, 0.6) is 0 Å². The molecule has 1 saturated carbocycles. The van der Waals surface area contributed by atoms with Crippen molar-refractivity contribution in [3.63, 3.8) is 0 Å². The first-order chi connectivity index (χ1) is 11.6. The molecular formula is C17H25N5O2. The highest BCUT2D eigenvalue weighted by molar-refractivity contribution is 5.10. The van der Waals surface area contributed by atoms with E-state index in [2.05, 4.69) is 40.2 Å². The van der Waals surface area contributed by atoms with Gasteiger partial charge in [-0.15, -0.1) is 0 Å². The normalized spacial score (nSPS) is 25.0. The van der Waals surface area contributed by atoms with Crippen LogP contribution in [0.25, 0.3) is 0 Å². The third-order valence-electron chi connectivity index (χ3n) is 5.06. The Morgan fingerprint density at radius 2 is 2.17 bits per heavy atom. The molecule has 2 aromatic heterocycles. The minimum Gasteiger partial charge on any atom is -0.396 e. The monoisotopic (exact) mass is 331 g/mol. The molecular weight excluding hydrogens is 306 g/mol. The topological polar surface area (TPSA) is 80.2 Å². The van der Waals surface area contributed by atoms with Crippen LogP contribution in [0.4, 0.5) is 0 Å². The van der Waals surface area contributed by atoms with Crippen molar-refractivity contribution >= 4 is 0 Å². The maximum absolute atomic E-state index is 9.75. The molecule has 130 valence electrons. The molecule has 0 amide bonds. The van der Waals surface area contributed by atoms with E-state index in [4.69, 9.17) is 4.52 Å². The highest BCUT2D eigenvalue weighted by atomic mass is 16.5. The summed E-state index contributed by atoms with van der Waals surface area (Å²) in [5.74, 6) is 2.30. The van der Waals surface area contributed by atoms with Gasteiger partial charge in [-0.3, -0.25) is 9.58 Å². The van der Waals surface area contributed by atoms with Gasteiger partial charge in [0.05, 0.1) is 12.1 Å². The van der Waals surface area contributed by atoms with Gasteiger partial charge in [0, 0.05) is 55.9 Å². The predicted molar refractivity (Wildman–Crippen MR) is 87.5 cm³/mol. The van der Waals surface area contributed by atoms with Crippen molar-refractivity contribution in [2.75, 3.05) is 19.7 Å². The Morgan fingerprint density at radius 3 is 2.83 bits per heavy atom. The Labute approximate surface area is 141 Å². The molecule has 24 heavy (non-hydrogen) atoms. The van der Waals surface area contributed by atoms with Crippen molar-refractivity contribution in [2.45, 2.75) is 51.1 Å². The highest BCUT2D eigenvalue weighted by Gasteiger charge is 2.38. The van der Waals surface area contributed by atoms with Crippen LogP contribution in [-0.2, 0) is 6.54 Å². The third-order valence-corrected chi connectivity index (χ3v) is 5.06. The molecule has 1 aliphatic heterocycles. The van der Waals surface area contributed by atoms with E-state index >= 15 is 0 Å². The lowest BCUT2D eigenvalue weighted by Crippen LogP contribution is -2.20. The summed E-state index contributed by atoms with van der Waals surface area (Å²) in [7, 11) is 0. The average Bonchev–Trinajstić information content (AvgIpc) is 3.01. The summed E-state index contributed by atoms with van der Waals surface area (Å²) in [6.45, 7) is 6.91. The summed E-state index contributed by atoms with van der Waals surface area (Å²) in [6, 6.07) is 0.370. The van der Waals surface area contributed by atoms with Gasteiger partial charge >= 0.3 is 0 Å². The number of aliphatic hydroxyl groups is 1. The first-order valence-corrected chi connectivity index (χ1v) is 8.83. The molecule has 2 atom stereocenters. The van der Waals surface area contributed by atoms with Crippen molar-refractivity contribution < 1.29 is 9.63 Å². The van der Waals surface area contributed by atoms with Crippen molar-refractivity contribution in [3.8, 4) is 0 Å². The molecule has 2 aliphatic rings. The molecule has 7 nitrogen and oxygen atoms in total. The van der Waals surface area contributed by atoms with E-state index in [9.17, 15) is 5.11 Å². The Morgan fingerprint density at radius 1 is 1.33 bits per heavy atom. The SMILES string of the molecule is CC(C)n1cc(CN2C[C@@H](CO)[C@H](c3nc(C4CC4)no3)C2)cn1. The van der Waals surface area contributed by atoms with Crippen LogP contribution in [-0.4, -0.2) is 49.6 Å². The number of aromatic nitrogens is 4. The summed E-state index contributed by atoms with van der Waals surface area (Å²) in [5, 5.41) is 18.3. The van der Waals surface area contributed by atoms with E-state index in [1.54, 1.807) is 0 Å². The quantitative estimate of drug-likeness (QED) is 0.871. The zero-order valence-electron chi connectivity index (χ0n) is 14.3. The van der Waals surface area contributed by atoms with E-state index < -0.39 is 0 Å². The fraction of sp³-hybridized carbons (Fsp3) is 0.706. The lowest BCUT2D eigenvalue weighted by Gasteiger charge is -2.13. The van der Waals surface area contributed by atoms with Gasteiger partial charge in [0.25, 0.3) is 0 Å². The van der Waals surface area contributed by atoms with Gasteiger partial charge < -0.3 is 9.63 Å². The second kappa shape index (κ2) is 6.29. The van der Waals surface area contributed by atoms with Crippen molar-refractivity contribution in [1.82, 2.24) is 24.8 Å². The number of likely N-dealkylation sites (tertiary alicyclic amines) is 1. The molecule has 3 heterocycles. The fourth-order valence-corrected chi connectivity index (χ4v) is 3.46. The number of hydrogen-bond donors (Lipinski definition) is 1. The van der Waals surface area contributed by atoms with E-state index in [-0.39, 0.29) is 18.4 Å². The number of rotatable bonds is 6. The maximum Gasteiger partial charge on any atom is 0.231 e. The fourth-order valence-electron chi connectivity index (χ4n) is 3.46. The molecule has 0 unspecified atom stereocenters. The molecule has 4 rings (SSSR count). The lowest BCUT2D eigenvalue weighted by atomic mass is 9.97. The van der Waals surface area contributed by atoms with Crippen LogP contribution < -0.4 is 0 Å². The van der Waals surface area contributed by atoms with Gasteiger partial charge in [-0.2, -0.15) is 10.1 Å². The van der Waals surface area contributed by atoms with E-state index in [0.717, 1.165) is 25.5 Å². The average molecular weight is 331 g/mol. The molecule has 2 fully saturated rings. The van der Waals surface area contributed by atoms with Crippen LogP contribution in [0, 0.1) is 5.92 Å². The number of nitrogens with zero attached hydrogens (tertiary/aromatic N) is 5. The highest BCUT2D eigenvalue weighted by Crippen LogP contribution is 2.40. The second-order valence-electron chi connectivity index (χ2n) is 7.43. The van der Waals surface area contributed by atoms with Crippen LogP contribution in [0.1, 0.15) is 61.8 Å². The van der Waals surface area contributed by atoms with Gasteiger partial charge in [0.1, 0.15) is 0 Å². The summed E-state index contributed by atoms with van der Waals surface area (Å²) in [6.07, 6.45) is 6.36. The molecule has 0 radical (unpaired) electrons. The van der Waals surface area contributed by atoms with Crippen molar-refractivity contribution in [2.24, 2.45) is 5.92 Å². The Hall–Kier alpha value is -1.73.